The minimum Gasteiger partial charge on any atom is -0.310 e. The Balaban J connectivity index is 2.07. The number of rotatable bonds is 1. The summed E-state index contributed by atoms with van der Waals surface area (Å²) in [5.74, 6) is 1.05. The van der Waals surface area contributed by atoms with Crippen LogP contribution in [0.2, 0.25) is 0 Å². The molecule has 92 valence electrons. The average Bonchev–Trinajstić information content (AvgIpc) is 2.74. The third-order valence-corrected chi connectivity index (χ3v) is 3.48. The number of nitriles is 1. The molecule has 3 rings (SSSR count). The van der Waals surface area contributed by atoms with E-state index >= 15 is 0 Å². The highest BCUT2D eigenvalue weighted by molar-refractivity contribution is 5.73. The van der Waals surface area contributed by atoms with Crippen LogP contribution in [-0.4, -0.2) is 32.0 Å². The standard InChI is InChI=1S/C13H15N5/c1-9(2)17-3-4-18-12(8-17)16-11-5-10(6-14)7-15-13(11)18/h5,7,9H,3-4,8H2,1-2H3. The van der Waals surface area contributed by atoms with Crippen LogP contribution in [0.3, 0.4) is 0 Å². The van der Waals surface area contributed by atoms with Gasteiger partial charge in [-0.05, 0) is 19.9 Å². The Hall–Kier alpha value is -1.93. The normalized spacial score (nSPS) is 15.9. The van der Waals surface area contributed by atoms with Gasteiger partial charge < -0.3 is 4.57 Å². The van der Waals surface area contributed by atoms with Crippen molar-refractivity contribution in [1.29, 1.82) is 5.26 Å². The largest absolute Gasteiger partial charge is 0.310 e. The lowest BCUT2D eigenvalue weighted by molar-refractivity contribution is 0.175. The SMILES string of the molecule is CC(C)N1CCn2c(nc3cc(C#N)cnc32)C1. The highest BCUT2D eigenvalue weighted by atomic mass is 15.3. The maximum atomic E-state index is 8.88. The molecule has 0 saturated carbocycles. The summed E-state index contributed by atoms with van der Waals surface area (Å²) in [5, 5.41) is 8.88. The van der Waals surface area contributed by atoms with Crippen molar-refractivity contribution in [3.05, 3.63) is 23.7 Å². The number of fused-ring (bicyclic) bond motifs is 3. The van der Waals surface area contributed by atoms with Crippen molar-refractivity contribution < 1.29 is 0 Å². The van der Waals surface area contributed by atoms with E-state index in [1.54, 1.807) is 6.20 Å². The van der Waals surface area contributed by atoms with Crippen LogP contribution in [0.25, 0.3) is 11.2 Å². The molecule has 0 fully saturated rings. The predicted molar refractivity (Wildman–Crippen MR) is 67.8 cm³/mol. The topological polar surface area (TPSA) is 57.7 Å². The molecular formula is C13H15N5. The Morgan fingerprint density at radius 3 is 2.94 bits per heavy atom. The van der Waals surface area contributed by atoms with Gasteiger partial charge in [-0.3, -0.25) is 4.90 Å². The smallest absolute Gasteiger partial charge is 0.160 e. The van der Waals surface area contributed by atoms with Gasteiger partial charge in [-0.1, -0.05) is 0 Å². The van der Waals surface area contributed by atoms with Crippen LogP contribution < -0.4 is 0 Å². The highest BCUT2D eigenvalue weighted by Crippen LogP contribution is 2.20. The van der Waals surface area contributed by atoms with Crippen molar-refractivity contribution in [3.8, 4) is 6.07 Å². The minimum atomic E-state index is 0.529. The van der Waals surface area contributed by atoms with Crippen molar-refractivity contribution in [2.45, 2.75) is 33.0 Å². The molecule has 1 aliphatic heterocycles. The molecule has 0 amide bonds. The predicted octanol–water partition coefficient (Wildman–Crippen LogP) is 1.53. The molecule has 5 heteroatoms. The summed E-state index contributed by atoms with van der Waals surface area (Å²) in [6.07, 6.45) is 1.62. The van der Waals surface area contributed by atoms with Crippen LogP contribution in [0, 0.1) is 11.3 Å². The number of pyridine rings is 1. The second-order valence-corrected chi connectivity index (χ2v) is 4.92. The molecule has 5 nitrogen and oxygen atoms in total. The monoisotopic (exact) mass is 241 g/mol. The second-order valence-electron chi connectivity index (χ2n) is 4.92. The lowest BCUT2D eigenvalue weighted by atomic mass is 10.2. The Kier molecular flexibility index (Phi) is 2.53. The molecule has 0 radical (unpaired) electrons. The van der Waals surface area contributed by atoms with E-state index in [0.29, 0.717) is 11.6 Å². The summed E-state index contributed by atoms with van der Waals surface area (Å²) in [4.78, 5) is 11.4. The van der Waals surface area contributed by atoms with Crippen molar-refractivity contribution >= 4 is 11.2 Å². The molecule has 0 saturated heterocycles. The molecule has 0 N–H and O–H groups in total. The molecule has 18 heavy (non-hydrogen) atoms. The molecule has 3 heterocycles. The van der Waals surface area contributed by atoms with Crippen LogP contribution in [0.5, 0.6) is 0 Å². The fraction of sp³-hybridized carbons (Fsp3) is 0.462. The van der Waals surface area contributed by atoms with E-state index in [-0.39, 0.29) is 0 Å². The first kappa shape index (κ1) is 11.2. The first-order chi connectivity index (χ1) is 8.69. The molecule has 0 spiro atoms. The van der Waals surface area contributed by atoms with Gasteiger partial charge in [-0.25, -0.2) is 9.97 Å². The van der Waals surface area contributed by atoms with Gasteiger partial charge in [0.15, 0.2) is 5.65 Å². The van der Waals surface area contributed by atoms with Crippen LogP contribution in [0.1, 0.15) is 25.2 Å². The summed E-state index contributed by atoms with van der Waals surface area (Å²) in [7, 11) is 0. The molecule has 0 aliphatic carbocycles. The molecule has 1 aliphatic rings. The minimum absolute atomic E-state index is 0.529. The summed E-state index contributed by atoms with van der Waals surface area (Å²) < 4.78 is 2.16. The maximum Gasteiger partial charge on any atom is 0.160 e. The maximum absolute atomic E-state index is 8.88. The number of imidazole rings is 1. The van der Waals surface area contributed by atoms with Gasteiger partial charge in [0.2, 0.25) is 0 Å². The highest BCUT2D eigenvalue weighted by Gasteiger charge is 2.22. The third-order valence-electron chi connectivity index (χ3n) is 3.48. The molecule has 0 atom stereocenters. The van der Waals surface area contributed by atoms with Crippen LogP contribution in [0.4, 0.5) is 0 Å². The van der Waals surface area contributed by atoms with Crippen molar-refractivity contribution in [2.75, 3.05) is 6.54 Å². The number of hydrogen-bond donors (Lipinski definition) is 0. The Bertz CT molecular complexity index is 635. The quantitative estimate of drug-likeness (QED) is 0.759. The first-order valence-electron chi connectivity index (χ1n) is 6.18. The van der Waals surface area contributed by atoms with E-state index in [1.165, 1.54) is 0 Å². The summed E-state index contributed by atoms with van der Waals surface area (Å²) in [5.41, 5.74) is 2.29. The van der Waals surface area contributed by atoms with Crippen molar-refractivity contribution in [2.24, 2.45) is 0 Å². The fourth-order valence-corrected chi connectivity index (χ4v) is 2.40. The summed E-state index contributed by atoms with van der Waals surface area (Å²) in [6, 6.07) is 4.45. The molecule has 2 aromatic rings. The van der Waals surface area contributed by atoms with Crippen molar-refractivity contribution in [3.63, 3.8) is 0 Å². The lowest BCUT2D eigenvalue weighted by Gasteiger charge is -2.30. The number of aromatic nitrogens is 3. The Morgan fingerprint density at radius 1 is 1.39 bits per heavy atom. The van der Waals surface area contributed by atoms with E-state index in [0.717, 1.165) is 36.6 Å². The lowest BCUT2D eigenvalue weighted by Crippen LogP contribution is -2.38. The van der Waals surface area contributed by atoms with Crippen LogP contribution >= 0.6 is 0 Å². The third kappa shape index (κ3) is 1.66. The molecule has 0 aromatic carbocycles. The summed E-state index contributed by atoms with van der Waals surface area (Å²) >= 11 is 0. The van der Waals surface area contributed by atoms with Crippen LogP contribution in [0.15, 0.2) is 12.3 Å². The van der Waals surface area contributed by atoms with Gasteiger partial charge in [0.25, 0.3) is 0 Å². The summed E-state index contributed by atoms with van der Waals surface area (Å²) in [6.45, 7) is 7.20. The van der Waals surface area contributed by atoms with E-state index < -0.39 is 0 Å². The zero-order valence-corrected chi connectivity index (χ0v) is 10.6. The fourth-order valence-electron chi connectivity index (χ4n) is 2.40. The van der Waals surface area contributed by atoms with Gasteiger partial charge in [0, 0.05) is 25.3 Å². The van der Waals surface area contributed by atoms with Gasteiger partial charge >= 0.3 is 0 Å². The number of nitrogens with zero attached hydrogens (tertiary/aromatic N) is 5. The molecule has 2 aromatic heterocycles. The zero-order chi connectivity index (χ0) is 12.7. The Morgan fingerprint density at radius 2 is 2.22 bits per heavy atom. The van der Waals surface area contributed by atoms with Gasteiger partial charge in [0.05, 0.1) is 12.1 Å². The second kappa shape index (κ2) is 4.07. The van der Waals surface area contributed by atoms with E-state index in [4.69, 9.17) is 5.26 Å². The van der Waals surface area contributed by atoms with Gasteiger partial charge in [-0.15, -0.1) is 0 Å². The van der Waals surface area contributed by atoms with E-state index in [1.807, 2.05) is 6.07 Å². The van der Waals surface area contributed by atoms with Crippen molar-refractivity contribution in [1.82, 2.24) is 19.4 Å². The van der Waals surface area contributed by atoms with E-state index in [2.05, 4.69) is 39.4 Å². The van der Waals surface area contributed by atoms with Gasteiger partial charge in [0.1, 0.15) is 17.4 Å². The average molecular weight is 241 g/mol. The molecule has 0 bridgehead atoms. The van der Waals surface area contributed by atoms with E-state index in [9.17, 15) is 0 Å². The first-order valence-corrected chi connectivity index (χ1v) is 6.18. The van der Waals surface area contributed by atoms with Gasteiger partial charge in [-0.2, -0.15) is 5.26 Å². The molecule has 0 unspecified atom stereocenters. The molecular weight excluding hydrogens is 226 g/mol. The zero-order valence-electron chi connectivity index (χ0n) is 10.6. The number of hydrogen-bond acceptors (Lipinski definition) is 4. The van der Waals surface area contributed by atoms with Crippen LogP contribution in [-0.2, 0) is 13.1 Å². The Labute approximate surface area is 106 Å².